The first-order valence-electron chi connectivity index (χ1n) is 9.89. The molecule has 144 valence electrons. The Morgan fingerprint density at radius 1 is 1.30 bits per heavy atom. The molecule has 3 atom stereocenters. The van der Waals surface area contributed by atoms with Crippen molar-refractivity contribution in [1.82, 2.24) is 10.2 Å². The van der Waals surface area contributed by atoms with Crippen molar-refractivity contribution in [2.24, 2.45) is 11.8 Å². The smallest absolute Gasteiger partial charge is 0.237 e. The number of nitrogens with zero attached hydrogens (tertiary/aromatic N) is 2. The summed E-state index contributed by atoms with van der Waals surface area (Å²) >= 11 is 0. The molecule has 1 aliphatic heterocycles. The largest absolute Gasteiger partial charge is 0.385 e. The van der Waals surface area contributed by atoms with Crippen molar-refractivity contribution in [2.75, 3.05) is 13.1 Å². The Bertz CT molecular complexity index is 731. The molecule has 4 rings (SSSR count). The first-order chi connectivity index (χ1) is 13.0. The van der Waals surface area contributed by atoms with Crippen molar-refractivity contribution in [1.29, 1.82) is 5.26 Å². The van der Waals surface area contributed by atoms with Gasteiger partial charge in [-0.2, -0.15) is 5.26 Å². The number of benzene rings is 1. The summed E-state index contributed by atoms with van der Waals surface area (Å²) in [5, 5.41) is 23.5. The van der Waals surface area contributed by atoms with Crippen LogP contribution in [0.1, 0.15) is 44.1 Å². The number of rotatable bonds is 4. The van der Waals surface area contributed by atoms with Crippen LogP contribution in [0.15, 0.2) is 24.3 Å². The maximum Gasteiger partial charge on any atom is 0.237 e. The second-order valence-electron chi connectivity index (χ2n) is 8.39. The molecular weight excluding hydrogens is 345 g/mol. The first-order valence-corrected chi connectivity index (χ1v) is 9.89. The van der Waals surface area contributed by atoms with Crippen LogP contribution in [0.25, 0.3) is 0 Å². The summed E-state index contributed by atoms with van der Waals surface area (Å²) in [5.41, 5.74) is -0.0612. The first kappa shape index (κ1) is 18.4. The Kier molecular flexibility index (Phi) is 4.92. The number of nitriles is 1. The number of carbonyl (C=O) groups excluding carboxylic acids is 1. The molecule has 0 bridgehead atoms. The molecular formula is C21H26FN3O2. The third kappa shape index (κ3) is 3.59. The van der Waals surface area contributed by atoms with Gasteiger partial charge in [0.1, 0.15) is 11.9 Å². The minimum absolute atomic E-state index is 0.0129. The molecule has 27 heavy (non-hydrogen) atoms. The maximum atomic E-state index is 13.2. The molecule has 5 nitrogen and oxygen atoms in total. The molecule has 2 saturated carbocycles. The van der Waals surface area contributed by atoms with Gasteiger partial charge in [-0.25, -0.2) is 4.39 Å². The number of aliphatic hydroxyl groups is 1. The normalized spacial score (nSPS) is 35.2. The predicted molar refractivity (Wildman–Crippen MR) is 97.9 cm³/mol. The quantitative estimate of drug-likeness (QED) is 0.852. The van der Waals surface area contributed by atoms with Gasteiger partial charge in [0.25, 0.3) is 0 Å². The standard InChI is InChI=1S/C21H26FN3O2/c22-17-5-3-16(4-6-17)21(27)10-14-8-18(9-15(14)11-21)24-13-20(26)25-7-1-2-19(25)12-23/h3-6,14-15,18-19,24,27H,1-2,7-11,13H2. The van der Waals surface area contributed by atoms with Crippen molar-refractivity contribution in [3.05, 3.63) is 35.6 Å². The van der Waals surface area contributed by atoms with Crippen LogP contribution in [0.2, 0.25) is 0 Å². The van der Waals surface area contributed by atoms with E-state index >= 15 is 0 Å². The molecule has 6 heteroatoms. The van der Waals surface area contributed by atoms with Crippen LogP contribution < -0.4 is 5.32 Å². The van der Waals surface area contributed by atoms with Gasteiger partial charge in [-0.1, -0.05) is 12.1 Å². The molecule has 1 aromatic rings. The molecule has 0 radical (unpaired) electrons. The van der Waals surface area contributed by atoms with Crippen LogP contribution >= 0.6 is 0 Å². The lowest BCUT2D eigenvalue weighted by Crippen LogP contribution is -2.43. The van der Waals surface area contributed by atoms with Crippen molar-refractivity contribution in [3.63, 3.8) is 0 Å². The van der Waals surface area contributed by atoms with Gasteiger partial charge in [-0.3, -0.25) is 4.79 Å². The maximum absolute atomic E-state index is 13.2. The van der Waals surface area contributed by atoms with Gasteiger partial charge in [0.15, 0.2) is 0 Å². The number of hydrogen-bond donors (Lipinski definition) is 2. The van der Waals surface area contributed by atoms with Crippen molar-refractivity contribution >= 4 is 5.91 Å². The van der Waals surface area contributed by atoms with Crippen LogP contribution in [0.5, 0.6) is 0 Å². The monoisotopic (exact) mass is 371 g/mol. The topological polar surface area (TPSA) is 76.4 Å². The molecule has 3 aliphatic rings. The highest BCUT2D eigenvalue weighted by Gasteiger charge is 2.49. The molecule has 1 amide bonds. The van der Waals surface area contributed by atoms with E-state index in [-0.39, 0.29) is 30.4 Å². The Hall–Kier alpha value is -1.97. The minimum atomic E-state index is -0.862. The lowest BCUT2D eigenvalue weighted by molar-refractivity contribution is -0.130. The lowest BCUT2D eigenvalue weighted by Gasteiger charge is -2.26. The third-order valence-corrected chi connectivity index (χ3v) is 6.69. The summed E-state index contributed by atoms with van der Waals surface area (Å²) < 4.78 is 13.2. The van der Waals surface area contributed by atoms with E-state index in [9.17, 15) is 14.3 Å². The highest BCUT2D eigenvalue weighted by molar-refractivity contribution is 5.79. The van der Waals surface area contributed by atoms with Gasteiger partial charge in [-0.15, -0.1) is 0 Å². The Balaban J connectivity index is 1.29. The highest BCUT2D eigenvalue weighted by Crippen LogP contribution is 2.52. The molecule has 2 aliphatic carbocycles. The van der Waals surface area contributed by atoms with Gasteiger partial charge in [0.2, 0.25) is 5.91 Å². The lowest BCUT2D eigenvalue weighted by atomic mass is 9.89. The summed E-state index contributed by atoms with van der Waals surface area (Å²) in [6.45, 7) is 0.962. The van der Waals surface area contributed by atoms with Crippen LogP contribution in [0, 0.1) is 29.0 Å². The van der Waals surface area contributed by atoms with E-state index in [0.29, 0.717) is 31.2 Å². The number of carbonyl (C=O) groups is 1. The fraction of sp³-hybridized carbons (Fsp3) is 0.619. The third-order valence-electron chi connectivity index (χ3n) is 6.69. The van der Waals surface area contributed by atoms with E-state index in [1.807, 2.05) is 0 Å². The van der Waals surface area contributed by atoms with Gasteiger partial charge >= 0.3 is 0 Å². The molecule has 1 saturated heterocycles. The summed E-state index contributed by atoms with van der Waals surface area (Å²) in [6, 6.07) is 8.41. The van der Waals surface area contributed by atoms with Crippen LogP contribution in [0.4, 0.5) is 4.39 Å². The average Bonchev–Trinajstić information content (AvgIpc) is 3.33. The molecule has 1 aromatic carbocycles. The number of fused-ring (bicyclic) bond motifs is 1. The second kappa shape index (κ2) is 7.21. The molecule has 1 heterocycles. The fourth-order valence-corrected chi connectivity index (χ4v) is 5.36. The number of halogens is 1. The van der Waals surface area contributed by atoms with Gasteiger partial charge in [-0.05, 0) is 68.1 Å². The van der Waals surface area contributed by atoms with E-state index in [1.54, 1.807) is 17.0 Å². The van der Waals surface area contributed by atoms with E-state index < -0.39 is 5.60 Å². The minimum Gasteiger partial charge on any atom is -0.385 e. The zero-order valence-corrected chi connectivity index (χ0v) is 15.4. The zero-order valence-electron chi connectivity index (χ0n) is 15.4. The van der Waals surface area contributed by atoms with Crippen molar-refractivity contribution in [2.45, 2.75) is 56.2 Å². The second-order valence-corrected chi connectivity index (χ2v) is 8.39. The summed E-state index contributed by atoms with van der Waals surface area (Å²) in [4.78, 5) is 14.1. The molecule has 3 unspecified atom stereocenters. The Morgan fingerprint density at radius 3 is 2.59 bits per heavy atom. The highest BCUT2D eigenvalue weighted by atomic mass is 19.1. The molecule has 0 spiro atoms. The molecule has 2 N–H and O–H groups in total. The van der Waals surface area contributed by atoms with E-state index in [1.165, 1.54) is 12.1 Å². The Labute approximate surface area is 159 Å². The Morgan fingerprint density at radius 2 is 1.96 bits per heavy atom. The van der Waals surface area contributed by atoms with Crippen LogP contribution in [-0.2, 0) is 10.4 Å². The van der Waals surface area contributed by atoms with Gasteiger partial charge in [0.05, 0.1) is 18.2 Å². The fourth-order valence-electron chi connectivity index (χ4n) is 5.36. The number of likely N-dealkylation sites (tertiary alicyclic amines) is 1. The summed E-state index contributed by atoms with van der Waals surface area (Å²) in [7, 11) is 0. The average molecular weight is 371 g/mol. The molecule has 3 fully saturated rings. The van der Waals surface area contributed by atoms with E-state index in [0.717, 1.165) is 31.2 Å². The van der Waals surface area contributed by atoms with Crippen LogP contribution in [-0.4, -0.2) is 41.1 Å². The van der Waals surface area contributed by atoms with E-state index in [2.05, 4.69) is 11.4 Å². The SMILES string of the molecule is N#CC1CCCN1C(=O)CNC1CC2CC(O)(c3ccc(F)cc3)CC2C1. The summed E-state index contributed by atoms with van der Waals surface area (Å²) in [5.74, 6) is 0.572. The predicted octanol–water partition coefficient (Wildman–Crippen LogP) is 2.31. The van der Waals surface area contributed by atoms with Gasteiger partial charge < -0.3 is 15.3 Å². The number of nitrogens with one attached hydrogen (secondary N) is 1. The van der Waals surface area contributed by atoms with Crippen molar-refractivity contribution in [3.8, 4) is 6.07 Å². The summed E-state index contributed by atoms with van der Waals surface area (Å²) in [6.07, 6.45) is 4.96. The van der Waals surface area contributed by atoms with Crippen molar-refractivity contribution < 1.29 is 14.3 Å². The molecule has 0 aromatic heterocycles. The van der Waals surface area contributed by atoms with Gasteiger partial charge in [0, 0.05) is 12.6 Å². The number of hydrogen-bond acceptors (Lipinski definition) is 4. The number of amides is 1. The zero-order chi connectivity index (χ0) is 19.0. The van der Waals surface area contributed by atoms with Crippen LogP contribution in [0.3, 0.4) is 0 Å². The van der Waals surface area contributed by atoms with E-state index in [4.69, 9.17) is 5.26 Å².